The normalized spacial score (nSPS) is 16.3. The second-order valence-corrected chi connectivity index (χ2v) is 11.0. The van der Waals surface area contributed by atoms with Crippen molar-refractivity contribution in [3.63, 3.8) is 0 Å². The van der Waals surface area contributed by atoms with Gasteiger partial charge in [0.2, 0.25) is 5.91 Å². The van der Waals surface area contributed by atoms with Crippen molar-refractivity contribution in [1.29, 1.82) is 0 Å². The summed E-state index contributed by atoms with van der Waals surface area (Å²) in [6.45, 7) is 9.72. The van der Waals surface area contributed by atoms with Crippen molar-refractivity contribution in [3.8, 4) is 10.4 Å². The van der Waals surface area contributed by atoms with Gasteiger partial charge < -0.3 is 15.0 Å². The first-order chi connectivity index (χ1) is 16.3. The Hall–Kier alpha value is -2.42. The number of aldehydes is 1. The molecule has 2 atom stereocenters. The maximum absolute atomic E-state index is 12.7. The molecule has 1 amide bonds. The first-order valence-corrected chi connectivity index (χ1v) is 13.4. The minimum atomic E-state index is -0.241. The highest BCUT2D eigenvalue weighted by Gasteiger charge is 2.36. The van der Waals surface area contributed by atoms with Crippen LogP contribution in [0.15, 0.2) is 36.0 Å². The lowest BCUT2D eigenvalue weighted by Gasteiger charge is -2.27. The van der Waals surface area contributed by atoms with E-state index in [1.165, 1.54) is 16.0 Å². The molecule has 34 heavy (non-hydrogen) atoms. The number of hydrogen-bond donors (Lipinski definition) is 1. The highest BCUT2D eigenvalue weighted by Crippen LogP contribution is 2.32. The van der Waals surface area contributed by atoms with Gasteiger partial charge in [0.05, 0.1) is 28.0 Å². The molecule has 0 radical (unpaired) electrons. The van der Waals surface area contributed by atoms with Crippen LogP contribution in [0, 0.1) is 19.8 Å². The summed E-state index contributed by atoms with van der Waals surface area (Å²) in [4.78, 5) is 36.5. The molecule has 0 aliphatic carbocycles. The van der Waals surface area contributed by atoms with Crippen LogP contribution in [0.5, 0.6) is 0 Å². The fourth-order valence-electron chi connectivity index (χ4n) is 4.14. The first kappa shape index (κ1) is 26.2. The fourth-order valence-corrected chi connectivity index (χ4v) is 5.99. The minimum Gasteiger partial charge on any atom is -0.332 e. The van der Waals surface area contributed by atoms with Crippen LogP contribution in [0.4, 0.5) is 0 Å². The van der Waals surface area contributed by atoms with Crippen LogP contribution in [-0.2, 0) is 16.1 Å². The summed E-state index contributed by atoms with van der Waals surface area (Å²) in [7, 11) is 1.96. The molecule has 3 heterocycles. The summed E-state index contributed by atoms with van der Waals surface area (Å²) in [5.74, 6) is 0.0177. The Kier molecular flexibility index (Phi) is 9.50. The number of rotatable bonds is 7. The molecule has 2 aromatic heterocycles. The smallest absolute Gasteiger partial charge is 0.233 e. The fraction of sp³-hybridized carbons (Fsp3) is 0.462. The zero-order valence-corrected chi connectivity index (χ0v) is 22.2. The monoisotopic (exact) mass is 498 g/mol. The molecule has 1 aromatic carbocycles. The number of aryl methyl sites for hydroxylation is 2. The largest absolute Gasteiger partial charge is 0.332 e. The number of thiazole rings is 2. The molecule has 1 N–H and O–H groups in total. The van der Waals surface area contributed by atoms with Crippen molar-refractivity contribution < 1.29 is 9.59 Å². The Morgan fingerprint density at radius 1 is 1.24 bits per heavy atom. The second kappa shape index (κ2) is 12.3. The third kappa shape index (κ3) is 6.37. The summed E-state index contributed by atoms with van der Waals surface area (Å²) in [6.07, 6.45) is 4.41. The van der Waals surface area contributed by atoms with Gasteiger partial charge in [-0.05, 0) is 50.8 Å². The molecule has 1 aliphatic rings. The molecular weight excluding hydrogens is 464 g/mol. The number of likely N-dealkylation sites (tertiary alicyclic amines) is 1. The number of carbonyl (C=O) groups is 2. The Morgan fingerprint density at radius 2 is 1.97 bits per heavy atom. The number of aromatic nitrogens is 2. The van der Waals surface area contributed by atoms with Crippen LogP contribution in [0.1, 0.15) is 53.7 Å². The number of amides is 1. The van der Waals surface area contributed by atoms with Crippen LogP contribution >= 0.6 is 22.7 Å². The molecule has 8 heteroatoms. The molecule has 1 saturated heterocycles. The van der Waals surface area contributed by atoms with E-state index in [1.54, 1.807) is 27.6 Å². The van der Waals surface area contributed by atoms with Gasteiger partial charge in [-0.1, -0.05) is 38.1 Å². The van der Waals surface area contributed by atoms with E-state index in [9.17, 15) is 9.59 Å². The van der Waals surface area contributed by atoms with Gasteiger partial charge in [-0.15, -0.1) is 22.7 Å². The number of nitrogens with zero attached hydrogens (tertiary/aromatic N) is 3. The van der Waals surface area contributed by atoms with Crippen molar-refractivity contribution in [3.05, 3.63) is 57.1 Å². The highest BCUT2D eigenvalue weighted by atomic mass is 32.1. The van der Waals surface area contributed by atoms with Gasteiger partial charge in [0.1, 0.15) is 11.3 Å². The van der Waals surface area contributed by atoms with Crippen LogP contribution < -0.4 is 5.32 Å². The van der Waals surface area contributed by atoms with E-state index in [1.807, 2.05) is 46.5 Å². The highest BCUT2D eigenvalue weighted by molar-refractivity contribution is 7.13. The van der Waals surface area contributed by atoms with Crippen molar-refractivity contribution in [2.75, 3.05) is 13.6 Å². The second-order valence-electron chi connectivity index (χ2n) is 8.90. The van der Waals surface area contributed by atoms with Crippen molar-refractivity contribution in [1.82, 2.24) is 20.2 Å². The van der Waals surface area contributed by atoms with E-state index < -0.39 is 0 Å². The average Bonchev–Trinajstić information content (AvgIpc) is 3.56. The van der Waals surface area contributed by atoms with E-state index in [0.29, 0.717) is 6.54 Å². The number of nitrogens with one attached hydrogen (secondary N) is 1. The molecule has 1 aliphatic heterocycles. The maximum atomic E-state index is 12.7. The molecule has 4 rings (SSSR count). The van der Waals surface area contributed by atoms with Gasteiger partial charge in [-0.3, -0.25) is 4.79 Å². The van der Waals surface area contributed by atoms with E-state index in [0.717, 1.165) is 41.3 Å². The summed E-state index contributed by atoms with van der Waals surface area (Å²) >= 11 is 3.27. The van der Waals surface area contributed by atoms with Crippen LogP contribution in [0.25, 0.3) is 10.4 Å². The molecule has 6 nitrogen and oxygen atoms in total. The summed E-state index contributed by atoms with van der Waals surface area (Å²) in [5, 5.41) is 4.01. The molecule has 3 aromatic rings. The zero-order chi connectivity index (χ0) is 24.7. The van der Waals surface area contributed by atoms with E-state index in [4.69, 9.17) is 0 Å². The lowest BCUT2D eigenvalue weighted by molar-refractivity contribution is -0.136. The summed E-state index contributed by atoms with van der Waals surface area (Å²) < 4.78 is 0. The van der Waals surface area contributed by atoms with Gasteiger partial charge in [-0.2, -0.15) is 0 Å². The topological polar surface area (TPSA) is 75.2 Å². The molecule has 1 fully saturated rings. The third-order valence-electron chi connectivity index (χ3n) is 5.92. The van der Waals surface area contributed by atoms with Gasteiger partial charge in [0.25, 0.3) is 0 Å². The van der Waals surface area contributed by atoms with Crippen LogP contribution in [-0.4, -0.2) is 46.7 Å². The van der Waals surface area contributed by atoms with Gasteiger partial charge >= 0.3 is 0 Å². The Morgan fingerprint density at radius 3 is 2.50 bits per heavy atom. The standard InChI is InChI=1S/C14H20N2O2S.C12H14N2S/c1-9(2)12(13-15-7-10(3)19-13)14(18)16-6-4-5-11(16)8-17;1-9-12(15-8-14-9)11-5-3-10(4-6-11)7-13-2/h7-9,11-12H,4-6H2,1-3H3;3-6,8,13H,7H2,1-2H3. The number of hydrogen-bond acceptors (Lipinski definition) is 7. The summed E-state index contributed by atoms with van der Waals surface area (Å²) in [6, 6.07) is 8.39. The number of carbonyl (C=O) groups excluding carboxylic acids is 2. The predicted octanol–water partition coefficient (Wildman–Crippen LogP) is 5.22. The Labute approximate surface area is 210 Å². The minimum absolute atomic E-state index is 0.0546. The molecule has 2 unspecified atom stereocenters. The SMILES string of the molecule is CNCc1ccc(-c2scnc2C)cc1.Cc1cnc(C(C(=O)N2CCCC2C=O)C(C)C)s1. The maximum Gasteiger partial charge on any atom is 0.233 e. The molecular formula is C26H34N4O2S2. The van der Waals surface area contributed by atoms with Crippen molar-refractivity contribution in [2.24, 2.45) is 5.92 Å². The molecule has 0 spiro atoms. The van der Waals surface area contributed by atoms with Crippen molar-refractivity contribution >= 4 is 34.9 Å². The molecule has 0 bridgehead atoms. The van der Waals surface area contributed by atoms with Gasteiger partial charge in [0.15, 0.2) is 0 Å². The van der Waals surface area contributed by atoms with E-state index in [-0.39, 0.29) is 23.8 Å². The van der Waals surface area contributed by atoms with Crippen molar-refractivity contribution in [2.45, 2.75) is 59.0 Å². The Bertz CT molecular complexity index is 1070. The van der Waals surface area contributed by atoms with E-state index in [2.05, 4.69) is 39.6 Å². The average molecular weight is 499 g/mol. The van der Waals surface area contributed by atoms with Crippen LogP contribution in [0.2, 0.25) is 0 Å². The zero-order valence-electron chi connectivity index (χ0n) is 20.6. The Balaban J connectivity index is 0.000000196. The lowest BCUT2D eigenvalue weighted by Crippen LogP contribution is -2.40. The third-order valence-corrected chi connectivity index (χ3v) is 7.89. The quantitative estimate of drug-likeness (QED) is 0.452. The van der Waals surface area contributed by atoms with Crippen LogP contribution in [0.3, 0.4) is 0 Å². The van der Waals surface area contributed by atoms with Gasteiger partial charge in [0, 0.05) is 24.2 Å². The molecule has 0 saturated carbocycles. The molecule has 182 valence electrons. The lowest BCUT2D eigenvalue weighted by atomic mass is 9.94. The van der Waals surface area contributed by atoms with Gasteiger partial charge in [-0.25, -0.2) is 9.97 Å². The van der Waals surface area contributed by atoms with E-state index >= 15 is 0 Å². The predicted molar refractivity (Wildman–Crippen MR) is 140 cm³/mol. The number of benzene rings is 1. The summed E-state index contributed by atoms with van der Waals surface area (Å²) in [5.41, 5.74) is 5.58. The first-order valence-electron chi connectivity index (χ1n) is 11.7.